The van der Waals surface area contributed by atoms with E-state index >= 15 is 0 Å². The van der Waals surface area contributed by atoms with Gasteiger partial charge in [0.05, 0.1) is 24.9 Å². The van der Waals surface area contributed by atoms with Gasteiger partial charge in [-0.1, -0.05) is 29.8 Å². The molecule has 4 aromatic rings. The molecule has 34 heavy (non-hydrogen) atoms. The van der Waals surface area contributed by atoms with Crippen molar-refractivity contribution in [2.24, 2.45) is 0 Å². The van der Waals surface area contributed by atoms with Gasteiger partial charge in [-0.2, -0.15) is 5.10 Å². The van der Waals surface area contributed by atoms with E-state index in [2.05, 4.69) is 81.0 Å². The minimum atomic E-state index is 0.264. The van der Waals surface area contributed by atoms with Crippen molar-refractivity contribution in [3.8, 4) is 11.4 Å². The van der Waals surface area contributed by atoms with Crippen LogP contribution in [0, 0.1) is 0 Å². The van der Waals surface area contributed by atoms with Crippen LogP contribution in [0.1, 0.15) is 20.8 Å². The number of aromatic amines is 1. The predicted octanol–water partition coefficient (Wildman–Crippen LogP) is 5.78. The van der Waals surface area contributed by atoms with Crippen molar-refractivity contribution >= 4 is 50.1 Å². The fraction of sp³-hybridized carbons (Fsp3) is 0.320. The lowest BCUT2D eigenvalue weighted by molar-refractivity contribution is 0.0986. The molecule has 0 amide bonds. The van der Waals surface area contributed by atoms with Crippen LogP contribution in [0.5, 0.6) is 0 Å². The molecule has 1 aromatic carbocycles. The van der Waals surface area contributed by atoms with Crippen molar-refractivity contribution < 1.29 is 4.74 Å². The third-order valence-electron chi connectivity index (χ3n) is 5.35. The fourth-order valence-corrected chi connectivity index (χ4v) is 4.85. The zero-order valence-corrected chi connectivity index (χ0v) is 21.9. The van der Waals surface area contributed by atoms with Crippen LogP contribution in [0.15, 0.2) is 64.2 Å². The number of nitrogen functional groups attached to an aromatic ring is 1. The zero-order valence-electron chi connectivity index (χ0n) is 19.5. The first-order chi connectivity index (χ1) is 16.4. The summed E-state index contributed by atoms with van der Waals surface area (Å²) in [6.07, 6.45) is 3.45. The number of rotatable bonds is 4. The number of morpholine rings is 1. The number of benzene rings is 1. The molecule has 1 saturated heterocycles. The molecule has 5 rings (SSSR count). The number of anilines is 2. The summed E-state index contributed by atoms with van der Waals surface area (Å²) >= 11 is 5.29. The van der Waals surface area contributed by atoms with Crippen LogP contribution in [0.2, 0.25) is 0 Å². The van der Waals surface area contributed by atoms with Crippen molar-refractivity contribution in [3.63, 3.8) is 0 Å². The Morgan fingerprint density at radius 2 is 1.97 bits per heavy atom. The van der Waals surface area contributed by atoms with Crippen LogP contribution >= 0.6 is 27.7 Å². The van der Waals surface area contributed by atoms with Crippen molar-refractivity contribution in [1.82, 2.24) is 20.2 Å². The minimum Gasteiger partial charge on any atom is -0.398 e. The van der Waals surface area contributed by atoms with Crippen LogP contribution in [-0.4, -0.2) is 51.2 Å². The van der Waals surface area contributed by atoms with Gasteiger partial charge >= 0.3 is 0 Å². The maximum atomic E-state index is 6.28. The van der Waals surface area contributed by atoms with Crippen molar-refractivity contribution in [2.45, 2.75) is 37.0 Å². The van der Waals surface area contributed by atoms with E-state index < -0.39 is 0 Å². The topological polar surface area (TPSA) is 93.0 Å². The number of hydrogen-bond donors (Lipinski definition) is 2. The maximum Gasteiger partial charge on any atom is 0.131 e. The van der Waals surface area contributed by atoms with Crippen LogP contribution < -0.4 is 10.6 Å². The third kappa shape index (κ3) is 5.89. The second kappa shape index (κ2) is 11.2. The van der Waals surface area contributed by atoms with Gasteiger partial charge in [0.1, 0.15) is 17.0 Å². The number of halogens is 1. The summed E-state index contributed by atoms with van der Waals surface area (Å²) in [5.74, 6) is 0.861. The Balaban J connectivity index is 0.000000210. The van der Waals surface area contributed by atoms with Crippen LogP contribution in [0.25, 0.3) is 22.3 Å². The summed E-state index contributed by atoms with van der Waals surface area (Å²) in [7, 11) is 0. The van der Waals surface area contributed by atoms with E-state index in [1.165, 1.54) is 4.90 Å². The van der Waals surface area contributed by atoms with Gasteiger partial charge in [0.15, 0.2) is 0 Å². The summed E-state index contributed by atoms with van der Waals surface area (Å²) in [4.78, 5) is 12.9. The van der Waals surface area contributed by atoms with Gasteiger partial charge in [-0.15, -0.1) is 11.8 Å². The Morgan fingerprint density at radius 1 is 1.18 bits per heavy atom. The normalized spacial score (nSPS) is 15.9. The highest BCUT2D eigenvalue weighted by molar-refractivity contribution is 9.10. The van der Waals surface area contributed by atoms with Gasteiger partial charge in [-0.25, -0.2) is 4.98 Å². The highest BCUT2D eigenvalue weighted by Gasteiger charge is 2.22. The molecule has 0 bridgehead atoms. The summed E-state index contributed by atoms with van der Waals surface area (Å²) in [6.45, 7) is 8.73. The molecule has 7 nitrogen and oxygen atoms in total. The van der Waals surface area contributed by atoms with Gasteiger partial charge in [0, 0.05) is 50.7 Å². The van der Waals surface area contributed by atoms with E-state index in [0.717, 1.165) is 39.1 Å². The predicted molar refractivity (Wildman–Crippen MR) is 144 cm³/mol. The van der Waals surface area contributed by atoms with Crippen molar-refractivity contribution in [3.05, 3.63) is 59.3 Å². The first-order valence-corrected chi connectivity index (χ1v) is 12.9. The molecule has 0 spiro atoms. The number of thioether (sulfide) groups is 1. The van der Waals surface area contributed by atoms with E-state index in [1.54, 1.807) is 12.4 Å². The second-order valence-electron chi connectivity index (χ2n) is 8.33. The monoisotopic (exact) mass is 540 g/mol. The molecule has 9 heteroatoms. The van der Waals surface area contributed by atoms with E-state index in [1.807, 2.05) is 30.0 Å². The van der Waals surface area contributed by atoms with E-state index in [-0.39, 0.29) is 6.04 Å². The van der Waals surface area contributed by atoms with E-state index in [9.17, 15) is 0 Å². The number of hydrogen-bond acceptors (Lipinski definition) is 7. The van der Waals surface area contributed by atoms with Crippen molar-refractivity contribution in [1.29, 1.82) is 0 Å². The summed E-state index contributed by atoms with van der Waals surface area (Å²) in [6, 6.07) is 14.4. The Hall–Kier alpha value is -2.62. The molecular formula is C25H29BrN6OS. The highest BCUT2D eigenvalue weighted by atomic mass is 79.9. The number of nitrogens with zero attached hydrogens (tertiary/aromatic N) is 4. The molecular weight excluding hydrogens is 512 g/mol. The van der Waals surface area contributed by atoms with Gasteiger partial charge in [-0.05, 0) is 43.3 Å². The Bertz CT molecular complexity index is 1220. The molecule has 1 aliphatic heterocycles. The van der Waals surface area contributed by atoms with Crippen LogP contribution in [0.3, 0.4) is 0 Å². The molecule has 0 radical (unpaired) electrons. The standard InChI is InChI=1S/C16H18N6O.C9H11BrS/c1-10-9-23-7-6-22(10)14-8-12(17)11-2-4-18-16(15(11)20-14)13-3-5-19-21-13;1-7(2)11-9-5-3-8(10)4-6-9/h2-5,8,10H,6-7,9H2,1H3,(H2,17,20)(H,19,21);3-7H,1-2H3. The number of fused-ring (bicyclic) bond motifs is 1. The number of pyridine rings is 2. The SMILES string of the molecule is CC(C)Sc1ccc(Br)cc1.CC1COCCN1c1cc(N)c2ccnc(-c3ccn[nH]3)c2n1. The summed E-state index contributed by atoms with van der Waals surface area (Å²) < 4.78 is 6.65. The lowest BCUT2D eigenvalue weighted by Gasteiger charge is -2.34. The number of ether oxygens (including phenoxy) is 1. The van der Waals surface area contributed by atoms with Crippen LogP contribution in [-0.2, 0) is 4.74 Å². The second-order valence-corrected chi connectivity index (χ2v) is 10.9. The summed E-state index contributed by atoms with van der Waals surface area (Å²) in [5, 5.41) is 8.51. The number of H-pyrrole nitrogens is 1. The molecule has 178 valence electrons. The van der Waals surface area contributed by atoms with Gasteiger partial charge in [-0.3, -0.25) is 10.1 Å². The van der Waals surface area contributed by atoms with Gasteiger partial charge < -0.3 is 15.4 Å². The quantitative estimate of drug-likeness (QED) is 0.317. The average Bonchev–Trinajstić information content (AvgIpc) is 3.35. The first kappa shape index (κ1) is 24.5. The van der Waals surface area contributed by atoms with Crippen molar-refractivity contribution in [2.75, 3.05) is 30.4 Å². The molecule has 3 N–H and O–H groups in total. The summed E-state index contributed by atoms with van der Waals surface area (Å²) in [5.41, 5.74) is 9.35. The van der Waals surface area contributed by atoms with E-state index in [0.29, 0.717) is 24.2 Å². The number of nitrogens with one attached hydrogen (secondary N) is 1. The molecule has 4 heterocycles. The average molecular weight is 542 g/mol. The molecule has 0 aliphatic carbocycles. The van der Waals surface area contributed by atoms with E-state index in [4.69, 9.17) is 15.5 Å². The fourth-order valence-electron chi connectivity index (χ4n) is 3.75. The lowest BCUT2D eigenvalue weighted by atomic mass is 10.1. The first-order valence-electron chi connectivity index (χ1n) is 11.2. The smallest absolute Gasteiger partial charge is 0.131 e. The van der Waals surface area contributed by atoms with Crippen LogP contribution in [0.4, 0.5) is 11.5 Å². The minimum absolute atomic E-state index is 0.264. The molecule has 1 atom stereocenters. The Morgan fingerprint density at radius 3 is 2.65 bits per heavy atom. The molecule has 0 saturated carbocycles. The number of aromatic nitrogens is 4. The zero-order chi connectivity index (χ0) is 24.1. The Labute approximate surface area is 212 Å². The molecule has 1 aliphatic rings. The molecule has 1 fully saturated rings. The number of nitrogens with two attached hydrogens (primary N) is 1. The highest BCUT2D eigenvalue weighted by Crippen LogP contribution is 2.31. The third-order valence-corrected chi connectivity index (χ3v) is 6.89. The van der Waals surface area contributed by atoms with Gasteiger partial charge in [0.2, 0.25) is 0 Å². The molecule has 1 unspecified atom stereocenters. The maximum absolute atomic E-state index is 6.28. The van der Waals surface area contributed by atoms with Gasteiger partial charge in [0.25, 0.3) is 0 Å². The Kier molecular flexibility index (Phi) is 8.07. The lowest BCUT2D eigenvalue weighted by Crippen LogP contribution is -2.44. The molecule has 3 aromatic heterocycles. The largest absolute Gasteiger partial charge is 0.398 e.